The normalized spacial score (nSPS) is 15.3. The summed E-state index contributed by atoms with van der Waals surface area (Å²) in [5, 5.41) is 19.6. The number of aliphatic carboxylic acids is 1. The first kappa shape index (κ1) is 35.3. The summed E-state index contributed by atoms with van der Waals surface area (Å²) in [5.41, 5.74) is 1.06. The van der Waals surface area contributed by atoms with Crippen LogP contribution in [0, 0.1) is 5.92 Å². The van der Waals surface area contributed by atoms with Crippen molar-refractivity contribution in [2.75, 3.05) is 26.7 Å². The van der Waals surface area contributed by atoms with Crippen LogP contribution in [0.3, 0.4) is 0 Å². The van der Waals surface area contributed by atoms with Gasteiger partial charge in [-0.25, -0.2) is 9.59 Å². The van der Waals surface area contributed by atoms with E-state index in [0.717, 1.165) is 0 Å². The molecule has 1 heterocycles. The second kappa shape index (κ2) is 17.4. The summed E-state index contributed by atoms with van der Waals surface area (Å²) in [4.78, 5) is 77.1. The van der Waals surface area contributed by atoms with Crippen molar-refractivity contribution in [2.45, 2.75) is 57.8 Å². The first-order valence-corrected chi connectivity index (χ1v) is 15.0. The maximum atomic E-state index is 13.3. The fraction of sp³-hybridized carbons (Fsp3) is 0.438. The van der Waals surface area contributed by atoms with Crippen LogP contribution in [0.5, 0.6) is 5.75 Å². The Morgan fingerprint density at radius 1 is 0.935 bits per heavy atom. The number of likely N-dealkylation sites (tertiary alicyclic amines) is 1. The van der Waals surface area contributed by atoms with Crippen LogP contribution >= 0.6 is 0 Å². The van der Waals surface area contributed by atoms with E-state index in [2.05, 4.69) is 21.3 Å². The third-order valence-corrected chi connectivity index (χ3v) is 7.25. The number of hydrogen-bond acceptors (Lipinski definition) is 8. The van der Waals surface area contributed by atoms with Crippen molar-refractivity contribution < 1.29 is 43.3 Å². The molecule has 0 unspecified atom stereocenters. The minimum absolute atomic E-state index is 0.0214. The smallest absolute Gasteiger partial charge is 0.408 e. The molecule has 2 aromatic rings. The molecule has 2 aromatic carbocycles. The van der Waals surface area contributed by atoms with Gasteiger partial charge in [0.15, 0.2) is 0 Å². The summed E-state index contributed by atoms with van der Waals surface area (Å²) in [5.74, 6) is -2.81. The maximum Gasteiger partial charge on any atom is 0.408 e. The SMILES string of the molecule is COc1ccc(COC(=O)N[C@@H](CNC(=O)[C@H](CC(C)C)NC(=O)[C@@H]2CCCN2C(=O)CNC(=O)c2ccccc2)C(=O)O)cc1. The lowest BCUT2D eigenvalue weighted by Crippen LogP contribution is -2.56. The van der Waals surface area contributed by atoms with Gasteiger partial charge in [-0.3, -0.25) is 19.2 Å². The van der Waals surface area contributed by atoms with E-state index in [1.165, 1.54) is 12.0 Å². The summed E-state index contributed by atoms with van der Waals surface area (Å²) in [6.45, 7) is 3.16. The van der Waals surface area contributed by atoms with Gasteiger partial charge in [0.05, 0.1) is 13.7 Å². The van der Waals surface area contributed by atoms with Crippen LogP contribution < -0.4 is 26.0 Å². The molecule has 1 saturated heterocycles. The van der Waals surface area contributed by atoms with E-state index in [4.69, 9.17) is 9.47 Å². The van der Waals surface area contributed by atoms with Gasteiger partial charge in [0.2, 0.25) is 17.7 Å². The van der Waals surface area contributed by atoms with E-state index >= 15 is 0 Å². The molecule has 3 rings (SSSR count). The minimum atomic E-state index is -1.50. The van der Waals surface area contributed by atoms with E-state index in [1.54, 1.807) is 54.6 Å². The van der Waals surface area contributed by atoms with Gasteiger partial charge in [0, 0.05) is 18.7 Å². The first-order chi connectivity index (χ1) is 22.0. The quantitative estimate of drug-likeness (QED) is 0.192. The molecule has 0 aliphatic carbocycles. The lowest BCUT2D eigenvalue weighted by molar-refractivity contribution is -0.139. The number of nitrogens with zero attached hydrogens (tertiary/aromatic N) is 1. The van der Waals surface area contributed by atoms with E-state index < -0.39 is 60.4 Å². The summed E-state index contributed by atoms with van der Waals surface area (Å²) in [7, 11) is 1.52. The fourth-order valence-electron chi connectivity index (χ4n) is 4.84. The highest BCUT2D eigenvalue weighted by Crippen LogP contribution is 2.18. The Bertz CT molecular complexity index is 1370. The van der Waals surface area contributed by atoms with Gasteiger partial charge in [-0.15, -0.1) is 0 Å². The summed E-state index contributed by atoms with van der Waals surface area (Å²) >= 11 is 0. The van der Waals surface area contributed by atoms with Gasteiger partial charge in [-0.2, -0.15) is 0 Å². The minimum Gasteiger partial charge on any atom is -0.497 e. The Morgan fingerprint density at radius 2 is 1.63 bits per heavy atom. The molecular formula is C32H41N5O9. The molecule has 46 heavy (non-hydrogen) atoms. The van der Waals surface area contributed by atoms with Crippen LogP contribution in [0.1, 0.15) is 49.0 Å². The molecule has 248 valence electrons. The molecule has 5 amide bonds. The molecular weight excluding hydrogens is 598 g/mol. The zero-order chi connectivity index (χ0) is 33.6. The van der Waals surface area contributed by atoms with Gasteiger partial charge in [0.25, 0.3) is 5.91 Å². The number of ether oxygens (including phenoxy) is 2. The number of carboxylic acids is 1. The lowest BCUT2D eigenvalue weighted by Gasteiger charge is -2.27. The largest absolute Gasteiger partial charge is 0.497 e. The fourth-order valence-corrected chi connectivity index (χ4v) is 4.84. The van der Waals surface area contributed by atoms with Crippen LogP contribution in [0.25, 0.3) is 0 Å². The van der Waals surface area contributed by atoms with Crippen molar-refractivity contribution >= 4 is 35.7 Å². The van der Waals surface area contributed by atoms with Crippen molar-refractivity contribution in [3.05, 3.63) is 65.7 Å². The summed E-state index contributed by atoms with van der Waals surface area (Å²) in [6.07, 6.45) is 0.193. The zero-order valence-corrected chi connectivity index (χ0v) is 26.1. The van der Waals surface area contributed by atoms with Crippen molar-refractivity contribution in [2.24, 2.45) is 5.92 Å². The number of alkyl carbamates (subject to hydrolysis) is 1. The number of carbonyl (C=O) groups excluding carboxylic acids is 5. The zero-order valence-electron chi connectivity index (χ0n) is 26.1. The second-order valence-electron chi connectivity index (χ2n) is 11.2. The molecule has 5 N–H and O–H groups in total. The molecule has 1 fully saturated rings. The number of rotatable bonds is 15. The van der Waals surface area contributed by atoms with Crippen LogP contribution in [0.15, 0.2) is 54.6 Å². The third kappa shape index (κ3) is 10.8. The summed E-state index contributed by atoms with van der Waals surface area (Å²) in [6, 6.07) is 11.8. The first-order valence-electron chi connectivity index (χ1n) is 15.0. The van der Waals surface area contributed by atoms with E-state index in [0.29, 0.717) is 36.3 Å². The molecule has 0 radical (unpaired) electrons. The molecule has 0 aromatic heterocycles. The third-order valence-electron chi connectivity index (χ3n) is 7.25. The monoisotopic (exact) mass is 639 g/mol. The predicted octanol–water partition coefficient (Wildman–Crippen LogP) is 1.44. The van der Waals surface area contributed by atoms with Crippen LogP contribution in [-0.2, 0) is 30.5 Å². The molecule has 14 nitrogen and oxygen atoms in total. The van der Waals surface area contributed by atoms with Crippen molar-refractivity contribution in [3.8, 4) is 5.75 Å². The lowest BCUT2D eigenvalue weighted by atomic mass is 10.0. The Labute approximate surface area is 267 Å². The highest BCUT2D eigenvalue weighted by atomic mass is 16.5. The van der Waals surface area contributed by atoms with Gasteiger partial charge >= 0.3 is 12.1 Å². The standard InChI is InChI=1S/C32H41N5O9/c1-20(2)16-24(29(40)33-17-25(31(42)43)36-32(44)46-19-21-11-13-23(45-3)14-12-21)35-30(41)26-10-7-15-37(26)27(38)18-34-28(39)22-8-5-4-6-9-22/h4-6,8-9,11-14,20,24-26H,7,10,15-19H2,1-3H3,(H,33,40)(H,34,39)(H,35,41)(H,36,44)(H,42,43)/t24-,25-,26-/m0/s1. The number of methoxy groups -OCH3 is 1. The second-order valence-corrected chi connectivity index (χ2v) is 11.2. The number of hydrogen-bond donors (Lipinski definition) is 5. The van der Waals surface area contributed by atoms with Gasteiger partial charge in [0.1, 0.15) is 30.5 Å². The number of carbonyl (C=O) groups is 6. The van der Waals surface area contributed by atoms with Crippen LogP contribution in [0.2, 0.25) is 0 Å². The molecule has 1 aliphatic heterocycles. The highest BCUT2D eigenvalue weighted by molar-refractivity contribution is 5.97. The van der Waals surface area contributed by atoms with Gasteiger partial charge in [-0.1, -0.05) is 44.2 Å². The van der Waals surface area contributed by atoms with Gasteiger partial charge < -0.3 is 40.7 Å². The maximum absolute atomic E-state index is 13.3. The molecule has 1 aliphatic rings. The van der Waals surface area contributed by atoms with Crippen LogP contribution in [0.4, 0.5) is 4.79 Å². The molecule has 0 saturated carbocycles. The number of carboxylic acid groups (broad SMARTS) is 1. The van der Waals surface area contributed by atoms with Crippen molar-refractivity contribution in [1.82, 2.24) is 26.2 Å². The molecule has 3 atom stereocenters. The highest BCUT2D eigenvalue weighted by Gasteiger charge is 2.36. The van der Waals surface area contributed by atoms with Crippen LogP contribution in [-0.4, -0.2) is 90.6 Å². The Kier molecular flexibility index (Phi) is 13.3. The Morgan fingerprint density at radius 3 is 2.26 bits per heavy atom. The van der Waals surface area contributed by atoms with Crippen molar-refractivity contribution in [3.63, 3.8) is 0 Å². The van der Waals surface area contributed by atoms with Crippen molar-refractivity contribution in [1.29, 1.82) is 0 Å². The Hall–Kier alpha value is -5.14. The molecule has 0 bridgehead atoms. The Balaban J connectivity index is 1.53. The number of amides is 5. The average molecular weight is 640 g/mol. The average Bonchev–Trinajstić information content (AvgIpc) is 3.55. The van der Waals surface area contributed by atoms with Gasteiger partial charge in [-0.05, 0) is 55.0 Å². The predicted molar refractivity (Wildman–Crippen MR) is 166 cm³/mol. The van der Waals surface area contributed by atoms with E-state index in [-0.39, 0.29) is 25.5 Å². The molecule has 14 heteroatoms. The summed E-state index contributed by atoms with van der Waals surface area (Å²) < 4.78 is 10.2. The van der Waals surface area contributed by atoms with E-state index in [1.807, 2.05) is 13.8 Å². The number of benzene rings is 2. The topological polar surface area (TPSA) is 192 Å². The van der Waals surface area contributed by atoms with E-state index in [9.17, 15) is 33.9 Å². The molecule has 0 spiro atoms. The number of nitrogens with one attached hydrogen (secondary N) is 4.